The summed E-state index contributed by atoms with van der Waals surface area (Å²) in [5.41, 5.74) is 1.99. The van der Waals surface area contributed by atoms with Gasteiger partial charge in [0.05, 0.1) is 12.2 Å². The molecule has 0 spiro atoms. The molecule has 0 bridgehead atoms. The molecule has 0 aliphatic carbocycles. The lowest BCUT2D eigenvalue weighted by Crippen LogP contribution is -2.56. The van der Waals surface area contributed by atoms with Crippen LogP contribution >= 0.6 is 0 Å². The standard InChI is InChI=1S/C21H33N3O/c1-12(2)15-16-13-11-22-10-9-14(13)23-19(16)24(21(6,7)8)17(15)18(25)20(3,4)5/h9-12,15-17,19,23H,1-8H3. The molecule has 0 amide bonds. The molecule has 2 aliphatic rings. The van der Waals surface area contributed by atoms with Crippen molar-refractivity contribution in [1.29, 1.82) is 0 Å². The second kappa shape index (κ2) is 5.80. The van der Waals surface area contributed by atoms with Gasteiger partial charge in [-0.15, -0.1) is 0 Å². The van der Waals surface area contributed by atoms with Crippen molar-refractivity contribution >= 4 is 11.5 Å². The lowest BCUT2D eigenvalue weighted by Gasteiger charge is -2.43. The van der Waals surface area contributed by atoms with Crippen LogP contribution in [0.4, 0.5) is 5.69 Å². The van der Waals surface area contributed by atoms with Gasteiger partial charge in [0.15, 0.2) is 5.78 Å². The summed E-state index contributed by atoms with van der Waals surface area (Å²) >= 11 is 0. The number of ketones is 1. The van der Waals surface area contributed by atoms with E-state index in [0.29, 0.717) is 17.6 Å². The van der Waals surface area contributed by atoms with Crippen molar-refractivity contribution in [2.24, 2.45) is 17.3 Å². The van der Waals surface area contributed by atoms with Gasteiger partial charge in [0.2, 0.25) is 0 Å². The highest BCUT2D eigenvalue weighted by atomic mass is 16.1. The van der Waals surface area contributed by atoms with Gasteiger partial charge in [-0.05, 0) is 38.7 Å². The van der Waals surface area contributed by atoms with E-state index in [-0.39, 0.29) is 29.1 Å². The highest BCUT2D eigenvalue weighted by molar-refractivity contribution is 5.90. The van der Waals surface area contributed by atoms with E-state index >= 15 is 0 Å². The second-order valence-electron chi connectivity index (χ2n) is 10.0. The molecule has 1 saturated heterocycles. The number of rotatable bonds is 2. The Balaban J connectivity index is 2.16. The van der Waals surface area contributed by atoms with E-state index in [4.69, 9.17) is 0 Å². The van der Waals surface area contributed by atoms with Crippen LogP contribution < -0.4 is 5.32 Å². The first-order valence-corrected chi connectivity index (χ1v) is 9.48. The van der Waals surface area contributed by atoms with E-state index in [2.05, 4.69) is 55.9 Å². The Morgan fingerprint density at radius 1 is 1.20 bits per heavy atom. The number of carbonyl (C=O) groups is 1. The summed E-state index contributed by atoms with van der Waals surface area (Å²) in [7, 11) is 0. The van der Waals surface area contributed by atoms with Gasteiger partial charge in [-0.2, -0.15) is 0 Å². The van der Waals surface area contributed by atoms with Crippen LogP contribution in [0.3, 0.4) is 0 Å². The minimum Gasteiger partial charge on any atom is -0.369 e. The molecule has 2 aliphatic heterocycles. The van der Waals surface area contributed by atoms with E-state index in [1.54, 1.807) is 0 Å². The predicted molar refractivity (Wildman–Crippen MR) is 103 cm³/mol. The van der Waals surface area contributed by atoms with Crippen LogP contribution in [0.1, 0.15) is 66.9 Å². The average molecular weight is 344 g/mol. The summed E-state index contributed by atoms with van der Waals surface area (Å²) in [6.45, 7) is 17.3. The van der Waals surface area contributed by atoms with Gasteiger partial charge in [0.25, 0.3) is 0 Å². The largest absolute Gasteiger partial charge is 0.369 e. The zero-order valence-electron chi connectivity index (χ0n) is 16.9. The van der Waals surface area contributed by atoms with Crippen molar-refractivity contribution in [2.75, 3.05) is 5.32 Å². The van der Waals surface area contributed by atoms with Gasteiger partial charge >= 0.3 is 0 Å². The van der Waals surface area contributed by atoms with Crippen LogP contribution in [0, 0.1) is 17.3 Å². The number of hydrogen-bond donors (Lipinski definition) is 1. The van der Waals surface area contributed by atoms with Gasteiger partial charge in [0.1, 0.15) is 0 Å². The summed E-state index contributed by atoms with van der Waals surface area (Å²) in [5.74, 6) is 1.36. The van der Waals surface area contributed by atoms with E-state index in [1.165, 1.54) is 11.3 Å². The van der Waals surface area contributed by atoms with Crippen LogP contribution in [-0.4, -0.2) is 33.4 Å². The summed E-state index contributed by atoms with van der Waals surface area (Å²) in [5, 5.41) is 3.71. The van der Waals surface area contributed by atoms with Crippen LogP contribution in [0.5, 0.6) is 0 Å². The second-order valence-corrected chi connectivity index (χ2v) is 10.0. The summed E-state index contributed by atoms with van der Waals surface area (Å²) in [6, 6.07) is 1.99. The number of nitrogens with zero attached hydrogens (tertiary/aromatic N) is 2. The summed E-state index contributed by atoms with van der Waals surface area (Å²) < 4.78 is 0. The van der Waals surface area contributed by atoms with Crippen molar-refractivity contribution in [1.82, 2.24) is 9.88 Å². The molecule has 3 heterocycles. The van der Waals surface area contributed by atoms with Crippen molar-refractivity contribution in [3.05, 3.63) is 24.0 Å². The third kappa shape index (κ3) is 2.88. The maximum absolute atomic E-state index is 13.5. The third-order valence-corrected chi connectivity index (χ3v) is 5.79. The van der Waals surface area contributed by atoms with Gasteiger partial charge < -0.3 is 5.32 Å². The minimum absolute atomic E-state index is 0.0733. The Morgan fingerprint density at radius 2 is 1.84 bits per heavy atom. The molecule has 0 radical (unpaired) electrons. The molecule has 1 aromatic rings. The van der Waals surface area contributed by atoms with Crippen molar-refractivity contribution in [2.45, 2.75) is 79.1 Å². The molecule has 4 heteroatoms. The maximum atomic E-state index is 13.5. The smallest absolute Gasteiger partial charge is 0.155 e. The number of pyridine rings is 1. The Bertz CT molecular complexity index is 668. The number of fused-ring (bicyclic) bond motifs is 3. The monoisotopic (exact) mass is 343 g/mol. The molecule has 0 saturated carbocycles. The molecule has 1 N–H and O–H groups in total. The zero-order valence-corrected chi connectivity index (χ0v) is 16.9. The number of likely N-dealkylation sites (tertiary alicyclic amines) is 1. The summed E-state index contributed by atoms with van der Waals surface area (Å²) in [4.78, 5) is 20.3. The maximum Gasteiger partial charge on any atom is 0.155 e. The molecule has 138 valence electrons. The lowest BCUT2D eigenvalue weighted by molar-refractivity contribution is -0.135. The lowest BCUT2D eigenvalue weighted by atomic mass is 9.73. The van der Waals surface area contributed by atoms with Gasteiger partial charge in [0, 0.05) is 40.5 Å². The van der Waals surface area contributed by atoms with Crippen molar-refractivity contribution in [3.63, 3.8) is 0 Å². The fraction of sp³-hybridized carbons (Fsp3) is 0.714. The van der Waals surface area contributed by atoms with Crippen molar-refractivity contribution in [3.8, 4) is 0 Å². The summed E-state index contributed by atoms with van der Waals surface area (Å²) in [6.07, 6.45) is 3.99. The molecule has 4 unspecified atom stereocenters. The third-order valence-electron chi connectivity index (χ3n) is 5.79. The number of hydrogen-bond acceptors (Lipinski definition) is 4. The van der Waals surface area contributed by atoms with Crippen LogP contribution in [0.15, 0.2) is 18.5 Å². The Kier molecular flexibility index (Phi) is 4.26. The van der Waals surface area contributed by atoms with Gasteiger partial charge in [-0.25, -0.2) is 0 Å². The SMILES string of the molecule is CC(C)C1C2c3cnccc3NC2N(C(C)(C)C)C1C(=O)C(C)(C)C. The quantitative estimate of drug-likeness (QED) is 0.870. The molecule has 1 fully saturated rings. The Labute approximate surface area is 152 Å². The topological polar surface area (TPSA) is 45.2 Å². The van der Waals surface area contributed by atoms with E-state index in [0.717, 1.165) is 0 Å². The molecular weight excluding hydrogens is 310 g/mol. The van der Waals surface area contributed by atoms with E-state index in [1.807, 2.05) is 33.2 Å². The van der Waals surface area contributed by atoms with Gasteiger partial charge in [-0.3, -0.25) is 14.7 Å². The Hall–Kier alpha value is -1.42. The number of carbonyl (C=O) groups excluding carboxylic acids is 1. The molecule has 4 nitrogen and oxygen atoms in total. The molecule has 0 aromatic carbocycles. The number of aromatic nitrogens is 1. The number of nitrogens with one attached hydrogen (secondary N) is 1. The van der Waals surface area contributed by atoms with E-state index in [9.17, 15) is 4.79 Å². The molecular formula is C21H33N3O. The van der Waals surface area contributed by atoms with Crippen LogP contribution in [0.2, 0.25) is 0 Å². The highest BCUT2D eigenvalue weighted by Crippen LogP contribution is 2.54. The molecule has 25 heavy (non-hydrogen) atoms. The normalized spacial score (nSPS) is 29.5. The first-order valence-electron chi connectivity index (χ1n) is 9.48. The van der Waals surface area contributed by atoms with E-state index < -0.39 is 0 Å². The average Bonchev–Trinajstić information content (AvgIpc) is 2.97. The first-order chi connectivity index (χ1) is 11.4. The molecule has 1 aromatic heterocycles. The van der Waals surface area contributed by atoms with Gasteiger partial charge in [-0.1, -0.05) is 34.6 Å². The Morgan fingerprint density at radius 3 is 2.36 bits per heavy atom. The fourth-order valence-corrected chi connectivity index (χ4v) is 4.80. The number of Topliss-reactive ketones (excluding diaryl/α,β-unsaturated/α-hetero) is 1. The molecule has 4 atom stereocenters. The minimum atomic E-state index is -0.349. The van der Waals surface area contributed by atoms with Crippen LogP contribution in [-0.2, 0) is 4.79 Å². The van der Waals surface area contributed by atoms with Crippen molar-refractivity contribution < 1.29 is 4.79 Å². The molecule has 3 rings (SSSR count). The highest BCUT2D eigenvalue weighted by Gasteiger charge is 2.59. The zero-order chi connectivity index (χ0) is 18.7. The first kappa shape index (κ1) is 18.4. The fourth-order valence-electron chi connectivity index (χ4n) is 4.80. The number of anilines is 1. The van der Waals surface area contributed by atoms with Crippen LogP contribution in [0.25, 0.3) is 0 Å². The predicted octanol–water partition coefficient (Wildman–Crippen LogP) is 4.29.